The Bertz CT molecular complexity index is 982. The molecule has 1 fully saturated rings. The van der Waals surface area contributed by atoms with Crippen LogP contribution in [0.5, 0.6) is 11.5 Å². The Hall–Kier alpha value is -2.90. The van der Waals surface area contributed by atoms with Gasteiger partial charge in [-0.2, -0.15) is 0 Å². The molecule has 3 rings (SSSR count). The highest BCUT2D eigenvalue weighted by atomic mass is 35.5. The van der Waals surface area contributed by atoms with Gasteiger partial charge in [-0.1, -0.05) is 41.4 Å². The van der Waals surface area contributed by atoms with Crippen molar-refractivity contribution in [1.82, 2.24) is 10.6 Å². The zero-order valence-corrected chi connectivity index (χ0v) is 16.7. The molecule has 0 radical (unpaired) electrons. The number of thiocarbonyl (C=S) groups is 1. The Morgan fingerprint density at radius 2 is 1.86 bits per heavy atom. The minimum Gasteiger partial charge on any atom is -0.493 e. The van der Waals surface area contributed by atoms with Gasteiger partial charge in [0.15, 0.2) is 16.6 Å². The van der Waals surface area contributed by atoms with E-state index in [1.807, 2.05) is 31.2 Å². The number of methoxy groups -OCH3 is 1. The molecule has 0 aliphatic carbocycles. The number of ether oxygens (including phenoxy) is 2. The van der Waals surface area contributed by atoms with Crippen molar-refractivity contribution < 1.29 is 19.1 Å². The summed E-state index contributed by atoms with van der Waals surface area (Å²) < 4.78 is 11.2. The second-order valence-corrected chi connectivity index (χ2v) is 6.92. The molecule has 28 heavy (non-hydrogen) atoms. The summed E-state index contributed by atoms with van der Waals surface area (Å²) in [6.07, 6.45) is 1.41. The van der Waals surface area contributed by atoms with Gasteiger partial charge in [0.1, 0.15) is 12.2 Å². The third-order valence-corrected chi connectivity index (χ3v) is 4.46. The van der Waals surface area contributed by atoms with Crippen molar-refractivity contribution in [2.75, 3.05) is 7.11 Å². The molecule has 1 aliphatic rings. The van der Waals surface area contributed by atoms with Gasteiger partial charge in [-0.05, 0) is 48.5 Å². The average molecular weight is 417 g/mol. The number of nitrogens with one attached hydrogen (secondary N) is 2. The van der Waals surface area contributed by atoms with Crippen LogP contribution in [0, 0.1) is 6.92 Å². The molecule has 1 saturated heterocycles. The van der Waals surface area contributed by atoms with Gasteiger partial charge in [-0.25, -0.2) is 0 Å². The first-order chi connectivity index (χ1) is 13.4. The molecule has 2 aromatic carbocycles. The maximum Gasteiger partial charge on any atom is 0.263 e. The zero-order chi connectivity index (χ0) is 20.3. The third kappa shape index (κ3) is 4.49. The molecule has 8 heteroatoms. The van der Waals surface area contributed by atoms with Crippen molar-refractivity contribution in [3.05, 3.63) is 63.7 Å². The first kappa shape index (κ1) is 19.9. The van der Waals surface area contributed by atoms with Crippen molar-refractivity contribution in [3.63, 3.8) is 0 Å². The smallest absolute Gasteiger partial charge is 0.263 e. The molecule has 0 aromatic heterocycles. The van der Waals surface area contributed by atoms with Gasteiger partial charge >= 0.3 is 0 Å². The summed E-state index contributed by atoms with van der Waals surface area (Å²) in [5.74, 6) is -0.391. The van der Waals surface area contributed by atoms with Crippen LogP contribution in [0.3, 0.4) is 0 Å². The van der Waals surface area contributed by atoms with E-state index >= 15 is 0 Å². The minimum absolute atomic E-state index is 0.0253. The molecule has 0 unspecified atom stereocenters. The predicted octanol–water partition coefficient (Wildman–Crippen LogP) is 3.15. The molecule has 144 valence electrons. The van der Waals surface area contributed by atoms with Crippen LogP contribution in [0.1, 0.15) is 16.7 Å². The number of rotatable bonds is 5. The molecule has 6 nitrogen and oxygen atoms in total. The number of aryl methyl sites for hydroxylation is 1. The fourth-order valence-corrected chi connectivity index (χ4v) is 3.15. The van der Waals surface area contributed by atoms with Gasteiger partial charge in [-0.3, -0.25) is 20.2 Å². The van der Waals surface area contributed by atoms with Gasteiger partial charge in [0.25, 0.3) is 11.8 Å². The SMILES string of the molecule is COc1cc(C=C2C(=O)NC(=S)NC2=O)cc(Cl)c1OCc1cccc(C)c1. The van der Waals surface area contributed by atoms with Crippen LogP contribution in [0.2, 0.25) is 5.02 Å². The second kappa shape index (κ2) is 8.41. The zero-order valence-electron chi connectivity index (χ0n) is 15.2. The lowest BCUT2D eigenvalue weighted by Crippen LogP contribution is -2.51. The summed E-state index contributed by atoms with van der Waals surface area (Å²) in [5, 5.41) is 5.03. The molecular weight excluding hydrogens is 400 g/mol. The van der Waals surface area contributed by atoms with Gasteiger partial charge in [0, 0.05) is 0 Å². The topological polar surface area (TPSA) is 76.7 Å². The van der Waals surface area contributed by atoms with E-state index in [2.05, 4.69) is 10.6 Å². The summed E-state index contributed by atoms with van der Waals surface area (Å²) in [5.41, 5.74) is 2.55. The first-order valence-electron chi connectivity index (χ1n) is 8.31. The number of hydrogen-bond donors (Lipinski definition) is 2. The largest absolute Gasteiger partial charge is 0.493 e. The molecule has 0 saturated carbocycles. The van der Waals surface area contributed by atoms with E-state index in [9.17, 15) is 9.59 Å². The number of amides is 2. The fraction of sp³-hybridized carbons (Fsp3) is 0.150. The van der Waals surface area contributed by atoms with Crippen LogP contribution in [0.4, 0.5) is 0 Å². The van der Waals surface area contributed by atoms with E-state index in [1.54, 1.807) is 12.1 Å². The molecule has 2 amide bonds. The van der Waals surface area contributed by atoms with E-state index < -0.39 is 11.8 Å². The van der Waals surface area contributed by atoms with Crippen molar-refractivity contribution in [1.29, 1.82) is 0 Å². The van der Waals surface area contributed by atoms with Gasteiger partial charge in [0.2, 0.25) is 0 Å². The van der Waals surface area contributed by atoms with Crippen LogP contribution in [0.25, 0.3) is 6.08 Å². The van der Waals surface area contributed by atoms with Crippen LogP contribution in [-0.4, -0.2) is 24.0 Å². The number of carbonyl (C=O) groups is 2. The monoisotopic (exact) mass is 416 g/mol. The molecule has 0 spiro atoms. The lowest BCUT2D eigenvalue weighted by Gasteiger charge is -2.17. The molecule has 0 atom stereocenters. The Kier molecular flexibility index (Phi) is 5.96. The summed E-state index contributed by atoms with van der Waals surface area (Å²) in [7, 11) is 1.49. The number of hydrogen-bond acceptors (Lipinski definition) is 5. The van der Waals surface area contributed by atoms with Crippen molar-refractivity contribution in [3.8, 4) is 11.5 Å². The lowest BCUT2D eigenvalue weighted by atomic mass is 10.1. The number of carbonyl (C=O) groups excluding carboxylic acids is 2. The van der Waals surface area contributed by atoms with E-state index in [-0.39, 0.29) is 10.7 Å². The van der Waals surface area contributed by atoms with Crippen LogP contribution < -0.4 is 20.1 Å². The molecule has 1 aliphatic heterocycles. The Labute approximate surface area is 172 Å². The minimum atomic E-state index is -0.580. The molecule has 1 heterocycles. The third-order valence-electron chi connectivity index (χ3n) is 3.97. The van der Waals surface area contributed by atoms with Gasteiger partial charge in [0.05, 0.1) is 12.1 Å². The number of halogens is 1. The second-order valence-electron chi connectivity index (χ2n) is 6.11. The van der Waals surface area contributed by atoms with E-state index in [0.29, 0.717) is 28.7 Å². The quantitative estimate of drug-likeness (QED) is 0.445. The standard InChI is InChI=1S/C20H17ClN2O4S/c1-11-4-3-5-12(6-11)10-27-17-15(21)8-13(9-16(17)26-2)7-14-18(24)22-20(28)23-19(14)25/h3-9H,10H2,1-2H3,(H2,22,23,24,25,28). The Morgan fingerprint density at radius 3 is 2.50 bits per heavy atom. The summed E-state index contributed by atoms with van der Waals surface area (Å²) in [6, 6.07) is 11.2. The fourth-order valence-electron chi connectivity index (χ4n) is 2.69. The summed E-state index contributed by atoms with van der Waals surface area (Å²) in [4.78, 5) is 24.0. The first-order valence-corrected chi connectivity index (χ1v) is 9.10. The van der Waals surface area contributed by atoms with Crippen molar-refractivity contribution >= 4 is 46.8 Å². The summed E-state index contributed by atoms with van der Waals surface area (Å²) in [6.45, 7) is 2.32. The molecule has 0 bridgehead atoms. The van der Waals surface area contributed by atoms with E-state index in [1.165, 1.54) is 13.2 Å². The van der Waals surface area contributed by atoms with Crippen LogP contribution >= 0.6 is 23.8 Å². The average Bonchev–Trinajstić information content (AvgIpc) is 2.63. The highest BCUT2D eigenvalue weighted by Crippen LogP contribution is 2.37. The Balaban J connectivity index is 1.87. The molecular formula is C20H17ClN2O4S. The summed E-state index contributed by atoms with van der Waals surface area (Å²) >= 11 is 11.2. The van der Waals surface area contributed by atoms with Crippen LogP contribution in [-0.2, 0) is 16.2 Å². The van der Waals surface area contributed by atoms with Gasteiger partial charge in [-0.15, -0.1) is 0 Å². The predicted molar refractivity (Wildman–Crippen MR) is 110 cm³/mol. The molecule has 2 N–H and O–H groups in total. The van der Waals surface area contributed by atoms with Crippen molar-refractivity contribution in [2.24, 2.45) is 0 Å². The number of benzene rings is 2. The maximum absolute atomic E-state index is 12.0. The maximum atomic E-state index is 12.0. The Morgan fingerprint density at radius 1 is 1.14 bits per heavy atom. The highest BCUT2D eigenvalue weighted by Gasteiger charge is 2.26. The van der Waals surface area contributed by atoms with Crippen molar-refractivity contribution in [2.45, 2.75) is 13.5 Å². The van der Waals surface area contributed by atoms with Crippen LogP contribution in [0.15, 0.2) is 42.0 Å². The molecule has 2 aromatic rings. The van der Waals surface area contributed by atoms with E-state index in [4.69, 9.17) is 33.3 Å². The lowest BCUT2D eigenvalue weighted by molar-refractivity contribution is -0.123. The van der Waals surface area contributed by atoms with Gasteiger partial charge < -0.3 is 9.47 Å². The highest BCUT2D eigenvalue weighted by molar-refractivity contribution is 7.80. The van der Waals surface area contributed by atoms with E-state index in [0.717, 1.165) is 11.1 Å². The normalized spacial score (nSPS) is 13.7.